The molecule has 0 radical (unpaired) electrons. The largest absolute Gasteiger partial charge is 0.467 e. The topological polar surface area (TPSA) is 16.4 Å². The molecule has 0 unspecified atom stereocenters. The molecule has 1 rings (SSSR count). The smallest absolute Gasteiger partial charge is 0.124 e. The molecule has 1 aromatic rings. The molecule has 0 atom stereocenters. The van der Waals surface area contributed by atoms with Crippen molar-refractivity contribution < 1.29 is 4.42 Å². The number of anilines is 1. The average Bonchev–Trinajstić information content (AvgIpc) is 2.30. The number of furan rings is 1. The highest BCUT2D eigenvalue weighted by Gasteiger charge is 2.13. The fourth-order valence-electron chi connectivity index (χ4n) is 1.35. The molecule has 0 bridgehead atoms. The van der Waals surface area contributed by atoms with Crippen molar-refractivity contribution in [1.29, 1.82) is 0 Å². The number of nitrogens with zero attached hydrogens (tertiary/aromatic N) is 1. The van der Waals surface area contributed by atoms with E-state index in [9.17, 15) is 0 Å². The maximum atomic E-state index is 5.32. The van der Waals surface area contributed by atoms with Crippen molar-refractivity contribution in [3.63, 3.8) is 0 Å². The third-order valence-electron chi connectivity index (χ3n) is 2.25. The summed E-state index contributed by atoms with van der Waals surface area (Å²) < 4.78 is 5.32. The molecule has 0 aromatic carbocycles. The van der Waals surface area contributed by atoms with Crippen LogP contribution < -0.4 is 4.90 Å². The molecule has 0 saturated heterocycles. The fourth-order valence-corrected chi connectivity index (χ4v) is 1.35. The first-order valence-corrected chi connectivity index (χ1v) is 4.31. The van der Waals surface area contributed by atoms with Gasteiger partial charge in [0.1, 0.15) is 5.76 Å². The van der Waals surface area contributed by atoms with Crippen molar-refractivity contribution in [2.75, 3.05) is 11.9 Å². The van der Waals surface area contributed by atoms with Gasteiger partial charge in [-0.05, 0) is 27.7 Å². The molecule has 0 aliphatic heterocycles. The molecule has 1 heterocycles. The van der Waals surface area contributed by atoms with Gasteiger partial charge in [0.05, 0.1) is 12.0 Å². The first kappa shape index (κ1) is 9.17. The predicted molar refractivity (Wildman–Crippen MR) is 51.7 cm³/mol. The molecule has 12 heavy (non-hydrogen) atoms. The van der Waals surface area contributed by atoms with Crippen LogP contribution in [0.1, 0.15) is 25.2 Å². The van der Waals surface area contributed by atoms with Crippen LogP contribution in [0, 0.1) is 13.8 Å². The second-order valence-corrected chi connectivity index (χ2v) is 3.53. The first-order chi connectivity index (χ1) is 5.54. The van der Waals surface area contributed by atoms with E-state index in [0.717, 1.165) is 5.76 Å². The van der Waals surface area contributed by atoms with Gasteiger partial charge in [-0.1, -0.05) is 0 Å². The number of hydrogen-bond donors (Lipinski definition) is 0. The molecular formula is C10H17NO. The number of rotatable bonds is 2. The minimum atomic E-state index is 0.514. The van der Waals surface area contributed by atoms with Gasteiger partial charge in [0.25, 0.3) is 0 Å². The van der Waals surface area contributed by atoms with E-state index < -0.39 is 0 Å². The van der Waals surface area contributed by atoms with Crippen LogP contribution in [-0.2, 0) is 0 Å². The lowest BCUT2D eigenvalue weighted by atomic mass is 10.2. The summed E-state index contributed by atoms with van der Waals surface area (Å²) in [4.78, 5) is 2.23. The summed E-state index contributed by atoms with van der Waals surface area (Å²) in [6.07, 6.45) is 1.81. The lowest BCUT2D eigenvalue weighted by Crippen LogP contribution is -2.26. The first-order valence-electron chi connectivity index (χ1n) is 4.31. The molecule has 0 aliphatic carbocycles. The van der Waals surface area contributed by atoms with Crippen LogP contribution in [-0.4, -0.2) is 13.1 Å². The third-order valence-corrected chi connectivity index (χ3v) is 2.25. The third kappa shape index (κ3) is 1.47. The molecule has 0 spiro atoms. The number of hydrogen-bond acceptors (Lipinski definition) is 2. The second kappa shape index (κ2) is 3.21. The molecule has 0 fully saturated rings. The van der Waals surface area contributed by atoms with Crippen molar-refractivity contribution in [3.8, 4) is 0 Å². The maximum absolute atomic E-state index is 5.32. The Bertz CT molecular complexity index is 243. The molecular weight excluding hydrogens is 150 g/mol. The van der Waals surface area contributed by atoms with E-state index in [1.165, 1.54) is 11.3 Å². The Hall–Kier alpha value is -0.920. The zero-order chi connectivity index (χ0) is 9.30. The Labute approximate surface area is 74.2 Å². The minimum absolute atomic E-state index is 0.514. The Balaban J connectivity index is 3.00. The van der Waals surface area contributed by atoms with Crippen LogP contribution in [0.4, 0.5) is 5.69 Å². The SMILES string of the molecule is Cc1coc(C)c1N(C)C(C)C. The molecule has 2 nitrogen and oxygen atoms in total. The van der Waals surface area contributed by atoms with Crippen LogP contribution in [0.3, 0.4) is 0 Å². The fraction of sp³-hybridized carbons (Fsp3) is 0.600. The molecule has 1 aromatic heterocycles. The van der Waals surface area contributed by atoms with E-state index >= 15 is 0 Å². The summed E-state index contributed by atoms with van der Waals surface area (Å²) in [6, 6.07) is 0.514. The summed E-state index contributed by atoms with van der Waals surface area (Å²) in [5.41, 5.74) is 2.44. The van der Waals surface area contributed by atoms with Gasteiger partial charge in [0.2, 0.25) is 0 Å². The van der Waals surface area contributed by atoms with E-state index in [1.54, 1.807) is 0 Å². The lowest BCUT2D eigenvalue weighted by Gasteiger charge is -2.23. The van der Waals surface area contributed by atoms with Crippen molar-refractivity contribution >= 4 is 5.69 Å². The van der Waals surface area contributed by atoms with Gasteiger partial charge in [-0.3, -0.25) is 0 Å². The van der Waals surface area contributed by atoms with Crippen LogP contribution in [0.15, 0.2) is 10.7 Å². The van der Waals surface area contributed by atoms with Crippen molar-refractivity contribution in [2.24, 2.45) is 0 Å². The monoisotopic (exact) mass is 167 g/mol. The Morgan fingerprint density at radius 3 is 2.25 bits per heavy atom. The van der Waals surface area contributed by atoms with E-state index in [4.69, 9.17) is 4.42 Å². The van der Waals surface area contributed by atoms with Gasteiger partial charge in [0.15, 0.2) is 0 Å². The molecule has 2 heteroatoms. The molecule has 68 valence electrons. The highest BCUT2D eigenvalue weighted by molar-refractivity contribution is 5.55. The quantitative estimate of drug-likeness (QED) is 0.673. The molecule has 0 N–H and O–H groups in total. The second-order valence-electron chi connectivity index (χ2n) is 3.53. The van der Waals surface area contributed by atoms with E-state index in [-0.39, 0.29) is 0 Å². The van der Waals surface area contributed by atoms with Gasteiger partial charge in [-0.25, -0.2) is 0 Å². The van der Waals surface area contributed by atoms with Gasteiger partial charge < -0.3 is 9.32 Å². The van der Waals surface area contributed by atoms with Gasteiger partial charge in [-0.2, -0.15) is 0 Å². The normalized spacial score (nSPS) is 10.8. The highest BCUT2D eigenvalue weighted by atomic mass is 16.3. The lowest BCUT2D eigenvalue weighted by molar-refractivity contribution is 0.531. The Morgan fingerprint density at radius 2 is 1.92 bits per heavy atom. The molecule has 0 aliphatic rings. The van der Waals surface area contributed by atoms with Gasteiger partial charge >= 0.3 is 0 Å². The van der Waals surface area contributed by atoms with Crippen LogP contribution >= 0.6 is 0 Å². The minimum Gasteiger partial charge on any atom is -0.467 e. The molecule has 0 amide bonds. The molecule has 0 saturated carbocycles. The Morgan fingerprint density at radius 1 is 1.33 bits per heavy atom. The van der Waals surface area contributed by atoms with Crippen LogP contribution in [0.2, 0.25) is 0 Å². The van der Waals surface area contributed by atoms with Gasteiger partial charge in [-0.15, -0.1) is 0 Å². The summed E-state index contributed by atoms with van der Waals surface area (Å²) >= 11 is 0. The van der Waals surface area contributed by atoms with E-state index in [2.05, 4.69) is 32.7 Å². The predicted octanol–water partition coefficient (Wildman–Crippen LogP) is 2.74. The Kier molecular flexibility index (Phi) is 2.46. The van der Waals surface area contributed by atoms with Crippen molar-refractivity contribution in [2.45, 2.75) is 33.7 Å². The average molecular weight is 167 g/mol. The zero-order valence-corrected chi connectivity index (χ0v) is 8.51. The van der Waals surface area contributed by atoms with E-state index in [1.807, 2.05) is 13.2 Å². The summed E-state index contributed by atoms with van der Waals surface area (Å²) in [7, 11) is 2.09. The van der Waals surface area contributed by atoms with Crippen LogP contribution in [0.5, 0.6) is 0 Å². The van der Waals surface area contributed by atoms with Gasteiger partial charge in [0, 0.05) is 18.7 Å². The van der Waals surface area contributed by atoms with Crippen molar-refractivity contribution in [1.82, 2.24) is 0 Å². The van der Waals surface area contributed by atoms with Crippen LogP contribution in [0.25, 0.3) is 0 Å². The highest BCUT2D eigenvalue weighted by Crippen LogP contribution is 2.26. The summed E-state index contributed by atoms with van der Waals surface area (Å²) in [5.74, 6) is 1.00. The zero-order valence-electron chi connectivity index (χ0n) is 8.51. The van der Waals surface area contributed by atoms with E-state index in [0.29, 0.717) is 6.04 Å². The summed E-state index contributed by atoms with van der Waals surface area (Å²) in [5, 5.41) is 0. The summed E-state index contributed by atoms with van der Waals surface area (Å²) in [6.45, 7) is 8.42. The maximum Gasteiger partial charge on any atom is 0.124 e. The number of aryl methyl sites for hydroxylation is 2. The van der Waals surface area contributed by atoms with Crippen molar-refractivity contribution in [3.05, 3.63) is 17.6 Å². The standard InChI is InChI=1S/C10H17NO/c1-7(2)11(5)10-8(3)6-12-9(10)4/h6-7H,1-5H3.